The van der Waals surface area contributed by atoms with E-state index >= 15 is 0 Å². The van der Waals surface area contributed by atoms with E-state index in [1.165, 1.54) is 16.4 Å². The van der Waals surface area contributed by atoms with Gasteiger partial charge in [0.25, 0.3) is 0 Å². The molecule has 5 nitrogen and oxygen atoms in total. The van der Waals surface area contributed by atoms with Gasteiger partial charge >= 0.3 is 5.97 Å². The molecule has 0 amide bonds. The molecule has 0 bridgehead atoms. The van der Waals surface area contributed by atoms with E-state index in [1.54, 1.807) is 6.92 Å². The second kappa shape index (κ2) is 7.70. The Morgan fingerprint density at radius 3 is 2.57 bits per heavy atom. The molecule has 0 aromatic heterocycles. The Labute approximate surface area is 154 Å². The molecule has 1 unspecified atom stereocenters. The average Bonchev–Trinajstić information content (AvgIpc) is 2.46. The Bertz CT molecular complexity index is 688. The van der Waals surface area contributed by atoms with Gasteiger partial charge in [-0.25, -0.2) is 8.42 Å². The van der Waals surface area contributed by atoms with Crippen LogP contribution in [0.5, 0.6) is 0 Å². The maximum absolute atomic E-state index is 12.9. The molecule has 1 aliphatic heterocycles. The maximum atomic E-state index is 12.9. The number of nitrogens with zero attached hydrogens (tertiary/aromatic N) is 1. The predicted molar refractivity (Wildman–Crippen MR) is 92.3 cm³/mol. The van der Waals surface area contributed by atoms with Gasteiger partial charge in [0.05, 0.1) is 22.6 Å². The molecule has 1 aromatic carbocycles. The van der Waals surface area contributed by atoms with E-state index in [2.05, 4.69) is 15.9 Å². The number of hydrogen-bond donors (Lipinski definition) is 0. The predicted octanol–water partition coefficient (Wildman–Crippen LogP) is 3.72. The minimum atomic E-state index is -3.88. The second-order valence-corrected chi connectivity index (χ2v) is 8.76. The first-order chi connectivity index (χ1) is 10.8. The van der Waals surface area contributed by atoms with Gasteiger partial charge < -0.3 is 4.74 Å². The third-order valence-corrected chi connectivity index (χ3v) is 6.81. The number of esters is 1. The molecule has 1 saturated heterocycles. The Morgan fingerprint density at radius 1 is 1.39 bits per heavy atom. The smallest absolute Gasteiger partial charge is 0.310 e. The quantitative estimate of drug-likeness (QED) is 0.664. The number of benzene rings is 1. The summed E-state index contributed by atoms with van der Waals surface area (Å²) in [5.41, 5.74) is 0. The lowest BCUT2D eigenvalue weighted by atomic mass is 10.0. The highest BCUT2D eigenvalue weighted by atomic mass is 79.9. The number of halogens is 3. The monoisotopic (exact) mass is 443 g/mol. The van der Waals surface area contributed by atoms with E-state index in [-0.39, 0.29) is 34.1 Å². The van der Waals surface area contributed by atoms with E-state index in [4.69, 9.17) is 27.9 Å². The van der Waals surface area contributed by atoms with E-state index in [0.717, 1.165) is 0 Å². The van der Waals surface area contributed by atoms with Crippen LogP contribution in [0, 0.1) is 5.92 Å². The fourth-order valence-electron chi connectivity index (χ4n) is 2.52. The minimum Gasteiger partial charge on any atom is -0.466 e. The number of sulfonamides is 1. The first kappa shape index (κ1) is 19.0. The van der Waals surface area contributed by atoms with Crippen LogP contribution in [0.15, 0.2) is 21.5 Å². The van der Waals surface area contributed by atoms with Crippen molar-refractivity contribution in [2.24, 2.45) is 5.92 Å². The topological polar surface area (TPSA) is 63.7 Å². The third kappa shape index (κ3) is 4.20. The van der Waals surface area contributed by atoms with Crippen LogP contribution in [-0.4, -0.2) is 38.4 Å². The summed E-state index contributed by atoms with van der Waals surface area (Å²) in [6.45, 7) is 2.38. The van der Waals surface area contributed by atoms with Crippen molar-refractivity contribution >= 4 is 55.1 Å². The lowest BCUT2D eigenvalue weighted by molar-refractivity contribution is -0.149. The van der Waals surface area contributed by atoms with Gasteiger partial charge in [-0.05, 0) is 31.9 Å². The molecule has 0 spiro atoms. The molecule has 0 aliphatic carbocycles. The van der Waals surface area contributed by atoms with Crippen LogP contribution < -0.4 is 0 Å². The first-order valence-corrected chi connectivity index (χ1v) is 10.1. The zero-order chi connectivity index (χ0) is 17.2. The van der Waals surface area contributed by atoms with Crippen molar-refractivity contribution in [3.05, 3.63) is 26.7 Å². The minimum absolute atomic E-state index is 0.0441. The highest BCUT2D eigenvalue weighted by Gasteiger charge is 2.36. The number of rotatable bonds is 4. The molecule has 1 fully saturated rings. The number of carbonyl (C=O) groups is 1. The summed E-state index contributed by atoms with van der Waals surface area (Å²) < 4.78 is 32.5. The molecule has 0 N–H and O–H groups in total. The molecule has 0 radical (unpaired) electrons. The van der Waals surface area contributed by atoms with Crippen LogP contribution in [0.4, 0.5) is 0 Å². The molecule has 9 heteroatoms. The zero-order valence-corrected chi connectivity index (χ0v) is 16.3. The number of piperidine rings is 1. The molecular formula is C14H16BrCl2NO4S. The van der Waals surface area contributed by atoms with Crippen LogP contribution >= 0.6 is 39.1 Å². The van der Waals surface area contributed by atoms with Crippen LogP contribution in [0.3, 0.4) is 0 Å². The largest absolute Gasteiger partial charge is 0.466 e. The summed E-state index contributed by atoms with van der Waals surface area (Å²) in [5, 5.41) is 0.0882. The molecule has 128 valence electrons. The Morgan fingerprint density at radius 2 is 2.00 bits per heavy atom. The normalized spacial score (nSPS) is 19.6. The summed E-state index contributed by atoms with van der Waals surface area (Å²) in [4.78, 5) is 11.8. The number of carbonyl (C=O) groups excluding carboxylic acids is 1. The molecule has 1 heterocycles. The van der Waals surface area contributed by atoms with E-state index < -0.39 is 15.9 Å². The highest BCUT2D eigenvalue weighted by molar-refractivity contribution is 9.10. The Hall–Kier alpha value is -0.340. The Kier molecular flexibility index (Phi) is 6.35. The van der Waals surface area contributed by atoms with Crippen molar-refractivity contribution in [2.45, 2.75) is 24.7 Å². The van der Waals surface area contributed by atoms with Crippen LogP contribution in [0.2, 0.25) is 10.0 Å². The van der Waals surface area contributed by atoms with Crippen molar-refractivity contribution < 1.29 is 17.9 Å². The highest BCUT2D eigenvalue weighted by Crippen LogP contribution is 2.36. The summed E-state index contributed by atoms with van der Waals surface area (Å²) in [7, 11) is -3.88. The standard InChI is InChI=1S/C14H16BrCl2NO4S/c1-2-22-14(19)9-4-3-5-18(8-9)23(20,21)13-11(16)6-10(15)7-12(13)17/h6-7,9H,2-5,8H2,1H3. The van der Waals surface area contributed by atoms with Gasteiger partial charge in [0, 0.05) is 17.6 Å². The molecule has 23 heavy (non-hydrogen) atoms. The fourth-order valence-corrected chi connectivity index (χ4v) is 5.93. The fraction of sp³-hybridized carbons (Fsp3) is 0.500. The van der Waals surface area contributed by atoms with Gasteiger partial charge in [0.15, 0.2) is 0 Å². The SMILES string of the molecule is CCOC(=O)C1CCCN(S(=O)(=O)c2c(Cl)cc(Br)cc2Cl)C1. The lowest BCUT2D eigenvalue weighted by Crippen LogP contribution is -2.42. The van der Waals surface area contributed by atoms with Crippen LogP contribution in [0.1, 0.15) is 19.8 Å². The Balaban J connectivity index is 2.31. The van der Waals surface area contributed by atoms with Gasteiger partial charge in [-0.2, -0.15) is 4.31 Å². The molecule has 0 saturated carbocycles. The molecule has 1 aliphatic rings. The number of hydrogen-bond acceptors (Lipinski definition) is 4. The molecular weight excluding hydrogens is 429 g/mol. The van der Waals surface area contributed by atoms with Crippen LogP contribution in [0.25, 0.3) is 0 Å². The summed E-state index contributed by atoms with van der Waals surface area (Å²) in [6.07, 6.45) is 1.18. The molecule has 1 atom stereocenters. The van der Waals surface area contributed by atoms with Crippen molar-refractivity contribution in [1.29, 1.82) is 0 Å². The van der Waals surface area contributed by atoms with E-state index in [9.17, 15) is 13.2 Å². The zero-order valence-electron chi connectivity index (χ0n) is 12.4. The van der Waals surface area contributed by atoms with Crippen LogP contribution in [-0.2, 0) is 19.6 Å². The third-order valence-electron chi connectivity index (χ3n) is 3.56. The average molecular weight is 445 g/mol. The summed E-state index contributed by atoms with van der Waals surface area (Å²) in [6, 6.07) is 2.96. The van der Waals surface area contributed by atoms with Crippen molar-refractivity contribution in [3.8, 4) is 0 Å². The van der Waals surface area contributed by atoms with Gasteiger partial charge in [-0.15, -0.1) is 0 Å². The van der Waals surface area contributed by atoms with E-state index in [1.807, 2.05) is 0 Å². The van der Waals surface area contributed by atoms with Crippen molar-refractivity contribution in [2.75, 3.05) is 19.7 Å². The molecule has 1 aromatic rings. The van der Waals surface area contributed by atoms with Gasteiger partial charge in [0.2, 0.25) is 10.0 Å². The van der Waals surface area contributed by atoms with Gasteiger partial charge in [-0.1, -0.05) is 39.1 Å². The lowest BCUT2D eigenvalue weighted by Gasteiger charge is -2.31. The first-order valence-electron chi connectivity index (χ1n) is 7.08. The van der Waals surface area contributed by atoms with E-state index in [0.29, 0.717) is 23.9 Å². The number of ether oxygens (including phenoxy) is 1. The second-order valence-electron chi connectivity index (χ2n) is 5.15. The van der Waals surface area contributed by atoms with Gasteiger partial charge in [-0.3, -0.25) is 4.79 Å². The van der Waals surface area contributed by atoms with Crippen molar-refractivity contribution in [1.82, 2.24) is 4.31 Å². The summed E-state index contributed by atoms with van der Waals surface area (Å²) in [5.74, 6) is -0.841. The molecule has 2 rings (SSSR count). The van der Waals surface area contributed by atoms with Crippen molar-refractivity contribution in [3.63, 3.8) is 0 Å². The van der Waals surface area contributed by atoms with Gasteiger partial charge in [0.1, 0.15) is 4.90 Å². The summed E-state index contributed by atoms with van der Waals surface area (Å²) >= 11 is 15.4. The maximum Gasteiger partial charge on any atom is 0.310 e.